The minimum absolute atomic E-state index is 0.0745. The van der Waals surface area contributed by atoms with E-state index in [1.54, 1.807) is 24.4 Å². The average molecular weight is 563 g/mol. The number of hydrogen-bond acceptors (Lipinski definition) is 6. The Morgan fingerprint density at radius 2 is 1.90 bits per heavy atom. The largest absolute Gasteiger partial charge is 0.491 e. The number of nitrogens with zero attached hydrogens (tertiary/aromatic N) is 3. The average Bonchev–Trinajstić information content (AvgIpc) is 3.45. The molecule has 1 saturated heterocycles. The van der Waals surface area contributed by atoms with Crippen molar-refractivity contribution < 1.29 is 26.7 Å². The molecular weight excluding hydrogens is 526 g/mol. The number of halogens is 2. The monoisotopic (exact) mass is 562 g/mol. The highest BCUT2D eigenvalue weighted by molar-refractivity contribution is 7.90. The number of carbonyl (C=O) groups excluding carboxylic acids is 1. The van der Waals surface area contributed by atoms with Gasteiger partial charge in [0.15, 0.2) is 0 Å². The van der Waals surface area contributed by atoms with Gasteiger partial charge in [-0.1, -0.05) is 13.8 Å². The number of anilines is 1. The Kier molecular flexibility index (Phi) is 8.48. The normalized spacial score (nSPS) is 18.7. The number of carbonyl (C=O) groups is 1. The molecular formula is C28H36F2N4O4S. The van der Waals surface area contributed by atoms with Crippen molar-refractivity contribution >= 4 is 27.1 Å². The fourth-order valence-corrected chi connectivity index (χ4v) is 5.32. The predicted octanol–water partition coefficient (Wildman–Crippen LogP) is 5.43. The molecule has 4 rings (SSSR count). The molecule has 1 aliphatic heterocycles. The van der Waals surface area contributed by atoms with Gasteiger partial charge in [-0.3, -0.25) is 4.79 Å². The molecule has 0 aliphatic carbocycles. The zero-order chi connectivity index (χ0) is 28.5. The first-order valence-corrected chi connectivity index (χ1v) is 14.8. The van der Waals surface area contributed by atoms with Crippen LogP contribution in [0.2, 0.25) is 0 Å². The second-order valence-electron chi connectivity index (χ2n) is 10.9. The van der Waals surface area contributed by atoms with Crippen LogP contribution in [0, 0.1) is 11.7 Å². The number of alkyl halides is 1. The molecule has 3 heterocycles. The molecule has 1 aliphatic rings. The van der Waals surface area contributed by atoms with Crippen LogP contribution in [-0.4, -0.2) is 48.0 Å². The minimum atomic E-state index is -3.84. The highest BCUT2D eigenvalue weighted by Crippen LogP contribution is 2.39. The van der Waals surface area contributed by atoms with Gasteiger partial charge in [0, 0.05) is 30.9 Å². The molecule has 212 valence electrons. The summed E-state index contributed by atoms with van der Waals surface area (Å²) in [4.78, 5) is 14.6. The summed E-state index contributed by atoms with van der Waals surface area (Å²) in [5.41, 5.74) is 1.64. The van der Waals surface area contributed by atoms with Crippen LogP contribution in [0.5, 0.6) is 5.75 Å². The summed E-state index contributed by atoms with van der Waals surface area (Å²) in [5.74, 6) is -0.319. The molecule has 0 spiro atoms. The topological polar surface area (TPSA) is 93.0 Å². The fourth-order valence-electron chi connectivity index (χ4n) is 4.72. The Hall–Kier alpha value is -3.21. The Balaban J connectivity index is 1.63. The van der Waals surface area contributed by atoms with E-state index in [2.05, 4.69) is 23.7 Å². The van der Waals surface area contributed by atoms with Gasteiger partial charge in [-0.2, -0.15) is 5.10 Å². The number of ether oxygens (including phenoxy) is 1. The van der Waals surface area contributed by atoms with Gasteiger partial charge < -0.3 is 9.64 Å². The highest BCUT2D eigenvalue weighted by Gasteiger charge is 2.34. The van der Waals surface area contributed by atoms with E-state index in [0.29, 0.717) is 28.4 Å². The molecule has 2 aromatic heterocycles. The van der Waals surface area contributed by atoms with Gasteiger partial charge in [0.2, 0.25) is 10.0 Å². The zero-order valence-corrected chi connectivity index (χ0v) is 23.7. The number of fused-ring (bicyclic) bond motifs is 1. The molecule has 3 atom stereocenters. The maximum absolute atomic E-state index is 14.8. The summed E-state index contributed by atoms with van der Waals surface area (Å²) in [7, 11) is -3.84. The van der Waals surface area contributed by atoms with Crippen molar-refractivity contribution in [3.05, 3.63) is 59.7 Å². The second kappa shape index (κ2) is 11.5. The highest BCUT2D eigenvalue weighted by atomic mass is 32.2. The SMILES string of the molecule is CC(C)CCC(C)Oc1cc(F)cc(C2CC(F)CN2c2ccn3ncc(C(=O)NS(=O)(=O)C(C)C)c3c2)c1. The maximum atomic E-state index is 14.8. The molecule has 8 nitrogen and oxygen atoms in total. The van der Waals surface area contributed by atoms with Crippen LogP contribution in [0.3, 0.4) is 0 Å². The Morgan fingerprint density at radius 1 is 1.15 bits per heavy atom. The van der Waals surface area contributed by atoms with Gasteiger partial charge >= 0.3 is 0 Å². The van der Waals surface area contributed by atoms with Crippen molar-refractivity contribution in [1.82, 2.24) is 14.3 Å². The number of pyridine rings is 1. The molecule has 3 aromatic rings. The number of sulfonamides is 1. The third-order valence-electron chi connectivity index (χ3n) is 6.95. The Bertz CT molecular complexity index is 1440. The van der Waals surface area contributed by atoms with Gasteiger partial charge in [0.1, 0.15) is 17.7 Å². The molecule has 39 heavy (non-hydrogen) atoms. The molecule has 0 saturated carbocycles. The van der Waals surface area contributed by atoms with E-state index < -0.39 is 39.2 Å². The van der Waals surface area contributed by atoms with E-state index in [1.807, 2.05) is 11.8 Å². The van der Waals surface area contributed by atoms with Gasteiger partial charge in [0.05, 0.1) is 34.7 Å². The van der Waals surface area contributed by atoms with Gasteiger partial charge in [-0.15, -0.1) is 0 Å². The van der Waals surface area contributed by atoms with Crippen LogP contribution >= 0.6 is 0 Å². The van der Waals surface area contributed by atoms with Gasteiger partial charge in [-0.25, -0.2) is 26.4 Å². The molecule has 1 amide bonds. The van der Waals surface area contributed by atoms with Crippen LogP contribution in [-0.2, 0) is 10.0 Å². The second-order valence-corrected chi connectivity index (χ2v) is 13.2. The molecule has 0 radical (unpaired) electrons. The van der Waals surface area contributed by atoms with E-state index in [-0.39, 0.29) is 24.6 Å². The van der Waals surface area contributed by atoms with Crippen molar-refractivity contribution in [3.63, 3.8) is 0 Å². The van der Waals surface area contributed by atoms with Crippen molar-refractivity contribution in [1.29, 1.82) is 0 Å². The third kappa shape index (κ3) is 6.69. The quantitative estimate of drug-likeness (QED) is 0.354. The van der Waals surface area contributed by atoms with E-state index in [4.69, 9.17) is 4.74 Å². The lowest BCUT2D eigenvalue weighted by atomic mass is 10.0. The number of hydrogen-bond donors (Lipinski definition) is 1. The van der Waals surface area contributed by atoms with Crippen LogP contribution in [0.1, 0.15) is 75.8 Å². The lowest BCUT2D eigenvalue weighted by Gasteiger charge is -2.27. The summed E-state index contributed by atoms with van der Waals surface area (Å²) in [5, 5.41) is 3.37. The molecule has 1 fully saturated rings. The van der Waals surface area contributed by atoms with Crippen molar-refractivity contribution in [2.75, 3.05) is 11.4 Å². The lowest BCUT2D eigenvalue weighted by molar-refractivity contribution is 0.0982. The molecule has 1 aromatic carbocycles. The standard InChI is InChI=1S/C28H36F2N4O4S/c1-17(2)6-7-19(5)38-24-11-20(10-21(29)12-24)26-13-22(30)16-33(26)23-8-9-34-27(14-23)25(15-31-34)28(35)32-39(36,37)18(3)4/h8-12,14-15,17-19,22,26H,6-7,13,16H2,1-5H3,(H,32,35). The smallest absolute Gasteiger partial charge is 0.268 e. The molecule has 11 heteroatoms. The fraction of sp³-hybridized carbons (Fsp3) is 0.500. The maximum Gasteiger partial charge on any atom is 0.268 e. The first kappa shape index (κ1) is 28.8. The molecule has 0 bridgehead atoms. The first-order valence-electron chi connectivity index (χ1n) is 13.2. The van der Waals surface area contributed by atoms with E-state index in [1.165, 1.54) is 36.7 Å². The van der Waals surface area contributed by atoms with Crippen LogP contribution in [0.25, 0.3) is 5.52 Å². The number of rotatable bonds is 10. The summed E-state index contributed by atoms with van der Waals surface area (Å²) in [6.45, 7) is 9.25. The van der Waals surface area contributed by atoms with Crippen LogP contribution in [0.15, 0.2) is 42.7 Å². The number of aromatic nitrogens is 2. The summed E-state index contributed by atoms with van der Waals surface area (Å²) < 4.78 is 63.4. The van der Waals surface area contributed by atoms with Crippen molar-refractivity contribution in [3.8, 4) is 5.75 Å². The van der Waals surface area contributed by atoms with Crippen LogP contribution < -0.4 is 14.4 Å². The van der Waals surface area contributed by atoms with E-state index in [9.17, 15) is 22.0 Å². The van der Waals surface area contributed by atoms with E-state index >= 15 is 0 Å². The van der Waals surface area contributed by atoms with Crippen LogP contribution in [0.4, 0.5) is 14.5 Å². The zero-order valence-electron chi connectivity index (χ0n) is 22.9. The number of amides is 1. The molecule has 1 N–H and O–H groups in total. The first-order chi connectivity index (χ1) is 18.3. The lowest BCUT2D eigenvalue weighted by Crippen LogP contribution is -2.35. The van der Waals surface area contributed by atoms with Gasteiger partial charge in [-0.05, 0) is 69.4 Å². The van der Waals surface area contributed by atoms with E-state index in [0.717, 1.165) is 12.8 Å². The summed E-state index contributed by atoms with van der Waals surface area (Å²) in [6.07, 6.45) is 3.67. The third-order valence-corrected chi connectivity index (χ3v) is 8.66. The molecule has 3 unspecified atom stereocenters. The predicted molar refractivity (Wildman–Crippen MR) is 147 cm³/mol. The Morgan fingerprint density at radius 3 is 2.59 bits per heavy atom. The summed E-state index contributed by atoms with van der Waals surface area (Å²) >= 11 is 0. The Labute approximate surface area is 228 Å². The van der Waals surface area contributed by atoms with Crippen molar-refractivity contribution in [2.24, 2.45) is 5.92 Å². The van der Waals surface area contributed by atoms with Crippen molar-refractivity contribution in [2.45, 2.75) is 77.4 Å². The minimum Gasteiger partial charge on any atom is -0.491 e. The number of nitrogens with one attached hydrogen (secondary N) is 1. The van der Waals surface area contributed by atoms with Gasteiger partial charge in [0.25, 0.3) is 5.91 Å². The number of benzene rings is 1. The summed E-state index contributed by atoms with van der Waals surface area (Å²) in [6, 6.07) is 7.44.